The second-order valence-electron chi connectivity index (χ2n) is 25.8. The molecule has 4 aliphatic rings. The van der Waals surface area contributed by atoms with Gasteiger partial charge in [0.05, 0.1) is 17.8 Å². The van der Waals surface area contributed by atoms with E-state index in [0.29, 0.717) is 23.2 Å². The third-order valence-corrected chi connectivity index (χ3v) is 27.3. The third kappa shape index (κ3) is 11.7. The van der Waals surface area contributed by atoms with Crippen molar-refractivity contribution in [3.63, 3.8) is 0 Å². The predicted octanol–water partition coefficient (Wildman–Crippen LogP) is 15.2. The van der Waals surface area contributed by atoms with E-state index in [1.807, 2.05) is 0 Å². The maximum atomic E-state index is 11.4. The van der Waals surface area contributed by atoms with Gasteiger partial charge in [-0.15, -0.1) is 0 Å². The highest BCUT2D eigenvalue weighted by molar-refractivity contribution is 6.74. The van der Waals surface area contributed by atoms with Gasteiger partial charge < -0.3 is 23.1 Å². The van der Waals surface area contributed by atoms with Crippen LogP contribution in [-0.4, -0.2) is 61.0 Å². The van der Waals surface area contributed by atoms with Crippen LogP contribution in [0.15, 0.2) is 23.3 Å². The highest BCUT2D eigenvalue weighted by atomic mass is 28.4. The zero-order chi connectivity index (χ0) is 45.5. The molecule has 60 heavy (non-hydrogen) atoms. The largest absolute Gasteiger partial charge is 0.411 e. The summed E-state index contributed by atoms with van der Waals surface area (Å²) in [5, 5.41) is 11.6. The van der Waals surface area contributed by atoms with Crippen LogP contribution >= 0.6 is 0 Å². The summed E-state index contributed by atoms with van der Waals surface area (Å²) in [5.41, 5.74) is 3.03. The van der Waals surface area contributed by atoms with Crippen LogP contribution < -0.4 is 0 Å². The highest BCUT2D eigenvalue weighted by Gasteiger charge is 2.63. The van der Waals surface area contributed by atoms with Crippen LogP contribution in [0.4, 0.5) is 0 Å². The zero-order valence-electron chi connectivity index (χ0n) is 43.3. The van der Waals surface area contributed by atoms with Crippen LogP contribution in [0.5, 0.6) is 0 Å². The lowest BCUT2D eigenvalue weighted by Gasteiger charge is -2.61. The summed E-state index contributed by atoms with van der Waals surface area (Å²) in [6, 6.07) is 0. The van der Waals surface area contributed by atoms with Crippen molar-refractivity contribution < 1.29 is 23.1 Å². The molecule has 5 nitrogen and oxygen atoms in total. The molecule has 0 aromatic rings. The zero-order valence-corrected chi connectivity index (χ0v) is 46.5. The molecule has 0 bridgehead atoms. The van der Waals surface area contributed by atoms with Crippen LogP contribution in [0.2, 0.25) is 49.4 Å². The molecule has 0 aromatic carbocycles. The molecule has 3 fully saturated rings. The Hall–Kier alpha value is -0.0694. The second kappa shape index (κ2) is 19.4. The fraction of sp³-hybridized carbons (Fsp3) is 0.923. The third-order valence-electron chi connectivity index (χ3n) is 17.5. The Kier molecular flexibility index (Phi) is 17.0. The molecule has 10 atom stereocenters. The molecule has 3 saturated carbocycles. The Morgan fingerprint density at radius 2 is 1.37 bits per heavy atom. The Morgan fingerprint density at radius 3 is 1.90 bits per heavy atom. The average Bonchev–Trinajstić information content (AvgIpc) is 3.45. The molecule has 1 N–H and O–H groups in total. The van der Waals surface area contributed by atoms with Crippen LogP contribution in [0.25, 0.3) is 0 Å². The number of hydrogen-bond acceptors (Lipinski definition) is 5. The number of hydrogen-bond donors (Lipinski definition) is 1. The highest BCUT2D eigenvalue weighted by Crippen LogP contribution is 2.67. The van der Waals surface area contributed by atoms with Crippen molar-refractivity contribution in [1.29, 1.82) is 0 Å². The minimum atomic E-state index is -2.30. The van der Waals surface area contributed by atoms with Gasteiger partial charge in [-0.25, -0.2) is 0 Å². The van der Waals surface area contributed by atoms with Gasteiger partial charge in [-0.1, -0.05) is 146 Å². The van der Waals surface area contributed by atoms with E-state index in [4.69, 9.17) is 18.0 Å². The van der Waals surface area contributed by atoms with Gasteiger partial charge in [0.25, 0.3) is 0 Å². The molecule has 0 spiro atoms. The molecule has 1 unspecified atom stereocenters. The maximum absolute atomic E-state index is 11.4. The van der Waals surface area contributed by atoms with Gasteiger partial charge in [0.2, 0.25) is 0 Å². The maximum Gasteiger partial charge on any atom is 0.192 e. The summed E-state index contributed by atoms with van der Waals surface area (Å²) < 4.78 is 30.1. The number of fused-ring (bicyclic) bond motifs is 5. The van der Waals surface area contributed by atoms with Gasteiger partial charge in [0, 0.05) is 5.41 Å². The lowest BCUT2D eigenvalue weighted by molar-refractivity contribution is -0.214. The van der Waals surface area contributed by atoms with Gasteiger partial charge >= 0.3 is 0 Å². The molecule has 8 heteroatoms. The van der Waals surface area contributed by atoms with E-state index in [2.05, 4.69) is 148 Å². The van der Waals surface area contributed by atoms with Crippen molar-refractivity contribution in [1.82, 2.24) is 0 Å². The molecular formula is C52H100O5Si3. The Bertz CT molecular complexity index is 1460. The number of rotatable bonds is 19. The topological polar surface area (TPSA) is 57.2 Å². The van der Waals surface area contributed by atoms with Gasteiger partial charge in [-0.2, -0.15) is 0 Å². The molecule has 0 aromatic heterocycles. The van der Waals surface area contributed by atoms with Crippen molar-refractivity contribution in [2.24, 2.45) is 39.9 Å². The SMILES string of the molecule is CCCC(O)(CCC)CCC[C@@H](C)[C@H]1CC[C@H]2C3=CC=C4C[C@@H](O[Si](C)(C)C(C)(C)C)[C@@H](OC(CCC(C)(C)C)O[SiH](C)C)[C@H](O[Si](C)(C)C(C)(C)C)[C@]4(C)[C@H]3CC[C@]12C. The van der Waals surface area contributed by atoms with Gasteiger partial charge in [-0.3, -0.25) is 0 Å². The van der Waals surface area contributed by atoms with Crippen LogP contribution in [0.3, 0.4) is 0 Å². The normalized spacial score (nSPS) is 31.6. The van der Waals surface area contributed by atoms with Crippen LogP contribution in [-0.2, 0) is 18.0 Å². The quantitative estimate of drug-likeness (QED) is 0.103. The Labute approximate surface area is 376 Å². The Balaban J connectivity index is 1.78. The van der Waals surface area contributed by atoms with E-state index >= 15 is 0 Å². The standard InChI is InChI=1S/C52H100O5Si3/c1-21-31-52(53,32-22-2)33-23-24-37(3)40-27-28-41-39-26-25-38-36-43(56-59(17,18)48(7,8)9)45(54-44(55-58(15)16)30-34-47(4,5)6)46(57-60(19,20)49(10,11)12)51(38,14)42(39)29-35-50(40,41)13/h25-26,37,40-46,53,58H,21-24,27-36H2,1-20H3/t37-,40-,41+,42+,43-,44?,45-,46+,50-,51+/m1/s1. The second-order valence-corrected chi connectivity index (χ2v) is 37.7. The first kappa shape index (κ1) is 52.6. The summed E-state index contributed by atoms with van der Waals surface area (Å²) in [6.07, 6.45) is 19.6. The van der Waals surface area contributed by atoms with Crippen molar-refractivity contribution >= 4 is 25.7 Å². The average molecular weight is 890 g/mol. The molecule has 0 aliphatic heterocycles. The molecule has 0 amide bonds. The first-order chi connectivity index (χ1) is 27.4. The first-order valence-electron chi connectivity index (χ1n) is 25.2. The first-order valence-corrected chi connectivity index (χ1v) is 33.8. The van der Waals surface area contributed by atoms with E-state index in [0.717, 1.165) is 63.7 Å². The summed E-state index contributed by atoms with van der Waals surface area (Å²) in [4.78, 5) is 0. The van der Waals surface area contributed by atoms with Crippen molar-refractivity contribution in [3.05, 3.63) is 23.3 Å². The number of ether oxygens (including phenoxy) is 1. The van der Waals surface area contributed by atoms with Gasteiger partial charge in [-0.05, 0) is 148 Å². The molecule has 4 aliphatic carbocycles. The Morgan fingerprint density at radius 1 is 0.783 bits per heavy atom. The van der Waals surface area contributed by atoms with E-state index in [1.165, 1.54) is 37.7 Å². The summed E-state index contributed by atoms with van der Waals surface area (Å²) >= 11 is 0. The van der Waals surface area contributed by atoms with Crippen molar-refractivity contribution in [2.75, 3.05) is 0 Å². The fourth-order valence-electron chi connectivity index (χ4n) is 12.0. The van der Waals surface area contributed by atoms with E-state index in [-0.39, 0.29) is 45.5 Å². The molecule has 0 heterocycles. The van der Waals surface area contributed by atoms with E-state index < -0.39 is 31.3 Å². The smallest absolute Gasteiger partial charge is 0.192 e. The van der Waals surface area contributed by atoms with E-state index in [9.17, 15) is 5.11 Å². The molecule has 0 saturated heterocycles. The molecule has 0 radical (unpaired) electrons. The summed E-state index contributed by atoms with van der Waals surface area (Å²) in [7, 11) is -5.91. The minimum absolute atomic E-state index is 0.0497. The fourth-order valence-corrected chi connectivity index (χ4v) is 15.5. The van der Waals surface area contributed by atoms with Crippen molar-refractivity contribution in [3.8, 4) is 0 Å². The number of allylic oxidation sites excluding steroid dienone is 3. The summed E-state index contributed by atoms with van der Waals surface area (Å²) in [5.74, 6) is 2.41. The molecule has 350 valence electrons. The number of aliphatic hydroxyl groups is 1. The predicted molar refractivity (Wildman–Crippen MR) is 265 cm³/mol. The molecule has 4 rings (SSSR count). The van der Waals surface area contributed by atoms with Crippen molar-refractivity contribution in [2.45, 2.75) is 266 Å². The van der Waals surface area contributed by atoms with E-state index in [1.54, 1.807) is 5.57 Å². The minimum Gasteiger partial charge on any atom is -0.411 e. The lowest BCUT2D eigenvalue weighted by Crippen LogP contribution is -2.65. The van der Waals surface area contributed by atoms with Crippen LogP contribution in [0, 0.1) is 39.9 Å². The molecular weight excluding hydrogens is 789 g/mol. The lowest BCUT2D eigenvalue weighted by atomic mass is 9.49. The van der Waals surface area contributed by atoms with Gasteiger partial charge in [0.15, 0.2) is 25.7 Å². The monoisotopic (exact) mass is 889 g/mol. The van der Waals surface area contributed by atoms with Crippen LogP contribution in [0.1, 0.15) is 187 Å². The summed E-state index contributed by atoms with van der Waals surface area (Å²) in [6.45, 7) is 47.9. The van der Waals surface area contributed by atoms with Gasteiger partial charge in [0.1, 0.15) is 12.4 Å².